The molecule has 0 amide bonds. The van der Waals surface area contributed by atoms with Crippen LogP contribution < -0.4 is 0 Å². The number of carbonyl (C=O) groups is 4. The maximum absolute atomic E-state index is 12.6. The van der Waals surface area contributed by atoms with Gasteiger partial charge in [0, 0.05) is 11.1 Å². The number of nitrogens with zero attached hydrogens (tertiary/aromatic N) is 2. The van der Waals surface area contributed by atoms with Crippen LogP contribution in [0, 0.1) is 0 Å². The summed E-state index contributed by atoms with van der Waals surface area (Å²) < 4.78 is 69.2. The molecule has 2 aliphatic heterocycles. The Hall–Kier alpha value is -5.10. The topological polar surface area (TPSA) is 220 Å². The van der Waals surface area contributed by atoms with Crippen molar-refractivity contribution in [3.63, 3.8) is 0 Å². The Labute approximate surface area is 251 Å². The number of hydrogen-bond donors (Lipinski definition) is 2. The average molecular weight is 655 g/mol. The molecule has 0 saturated carbocycles. The van der Waals surface area contributed by atoms with Crippen molar-refractivity contribution in [3.8, 4) is 0 Å². The van der Waals surface area contributed by atoms with Crippen molar-refractivity contribution in [2.75, 3.05) is 41.5 Å². The molecule has 4 rings (SSSR count). The molecule has 2 N–H and O–H groups in total. The van der Waals surface area contributed by atoms with Crippen LogP contribution in [0.2, 0.25) is 0 Å². The third-order valence-corrected chi connectivity index (χ3v) is 9.73. The molecule has 0 atom stereocenters. The normalized spacial score (nSPS) is 16.0. The van der Waals surface area contributed by atoms with Crippen LogP contribution in [-0.4, -0.2) is 101 Å². The van der Waals surface area contributed by atoms with Gasteiger partial charge in [-0.15, -0.1) is 0 Å². The Kier molecular flexibility index (Phi) is 9.90. The Morgan fingerprint density at radius 2 is 0.909 bits per heavy atom. The van der Waals surface area contributed by atoms with Gasteiger partial charge in [0.15, 0.2) is 22.9 Å². The molecular weight excluding hydrogens is 628 g/mol. The summed E-state index contributed by atoms with van der Waals surface area (Å²) >= 11 is 0. The Balaban J connectivity index is 0.000000240. The molecular formula is C26H26N2O14S2. The molecule has 0 aliphatic carbocycles. The van der Waals surface area contributed by atoms with Gasteiger partial charge in [-0.3, -0.25) is 9.59 Å². The summed E-state index contributed by atoms with van der Waals surface area (Å²) in [5.74, 6) is -5.12. The van der Waals surface area contributed by atoms with E-state index in [9.17, 15) is 46.2 Å². The van der Waals surface area contributed by atoms with Crippen LogP contribution >= 0.6 is 0 Å². The highest BCUT2D eigenvalue weighted by molar-refractivity contribution is 7.89. The zero-order valence-corrected chi connectivity index (χ0v) is 25.2. The number of rotatable bonds is 6. The molecule has 2 heterocycles. The van der Waals surface area contributed by atoms with Gasteiger partial charge in [-0.25, -0.2) is 35.0 Å². The minimum Gasteiger partial charge on any atom is -0.505 e. The predicted octanol–water partition coefficient (Wildman–Crippen LogP) is 0.527. The fourth-order valence-corrected chi connectivity index (χ4v) is 7.24. The summed E-state index contributed by atoms with van der Waals surface area (Å²) in [5, 5.41) is 20.5. The SMILES string of the molecule is COC(=O)CN1C(C(=O)OC)=C(O)c2ccccc2S1(=O)=O.COC(=O)CN1C(C(=O)OC)=C(O)c2ccccc2S1(=O)=O. The lowest BCUT2D eigenvalue weighted by atomic mass is 10.1. The smallest absolute Gasteiger partial charge is 0.359 e. The molecule has 0 radical (unpaired) electrons. The van der Waals surface area contributed by atoms with Crippen LogP contribution in [0.4, 0.5) is 0 Å². The zero-order valence-electron chi connectivity index (χ0n) is 23.5. The molecule has 16 nitrogen and oxygen atoms in total. The van der Waals surface area contributed by atoms with Gasteiger partial charge in [-0.2, -0.15) is 0 Å². The highest BCUT2D eigenvalue weighted by atomic mass is 32.2. The molecule has 2 aromatic rings. The largest absolute Gasteiger partial charge is 0.505 e. The van der Waals surface area contributed by atoms with E-state index in [0.717, 1.165) is 28.4 Å². The number of fused-ring (bicyclic) bond motifs is 2. The quantitative estimate of drug-likeness (QED) is 0.321. The summed E-state index contributed by atoms with van der Waals surface area (Å²) in [6.45, 7) is -1.52. The molecule has 0 spiro atoms. The Bertz CT molecular complexity index is 1660. The lowest BCUT2D eigenvalue weighted by molar-refractivity contribution is -0.143. The number of aliphatic hydroxyl groups excluding tert-OH is 2. The van der Waals surface area contributed by atoms with E-state index in [-0.39, 0.29) is 20.9 Å². The molecule has 2 aliphatic rings. The van der Waals surface area contributed by atoms with Crippen molar-refractivity contribution in [2.24, 2.45) is 0 Å². The number of hydrogen-bond acceptors (Lipinski definition) is 14. The van der Waals surface area contributed by atoms with Crippen LogP contribution in [0.15, 0.2) is 69.7 Å². The molecule has 0 saturated heterocycles. The predicted molar refractivity (Wildman–Crippen MR) is 148 cm³/mol. The van der Waals surface area contributed by atoms with E-state index in [2.05, 4.69) is 18.9 Å². The third-order valence-electron chi connectivity index (χ3n) is 6.13. The second-order valence-corrected chi connectivity index (χ2v) is 12.2. The van der Waals surface area contributed by atoms with Gasteiger partial charge in [-0.05, 0) is 24.3 Å². The van der Waals surface area contributed by atoms with Gasteiger partial charge < -0.3 is 29.2 Å². The highest BCUT2D eigenvalue weighted by Crippen LogP contribution is 2.37. The number of sulfonamides is 2. The molecule has 2 aromatic carbocycles. The lowest BCUT2D eigenvalue weighted by Crippen LogP contribution is -2.41. The van der Waals surface area contributed by atoms with E-state index in [1.807, 2.05) is 0 Å². The standard InChI is InChI=1S/2C13H13NO7S/c2*1-20-10(15)7-14-11(13(17)21-2)12(16)8-5-3-4-6-9(8)22(14,18)19/h2*3-6,16H,7H2,1-2H3. The summed E-state index contributed by atoms with van der Waals surface area (Å²) in [7, 11) is -4.20. The molecule has 0 unspecified atom stereocenters. The first-order chi connectivity index (χ1) is 20.7. The van der Waals surface area contributed by atoms with Crippen LogP contribution in [0.3, 0.4) is 0 Å². The summed E-state index contributed by atoms with van der Waals surface area (Å²) in [4.78, 5) is 46.2. The van der Waals surface area contributed by atoms with Gasteiger partial charge in [-0.1, -0.05) is 24.3 Å². The number of benzene rings is 2. The zero-order chi connectivity index (χ0) is 33.0. The van der Waals surface area contributed by atoms with Crippen molar-refractivity contribution < 1.29 is 65.2 Å². The van der Waals surface area contributed by atoms with Crippen molar-refractivity contribution >= 4 is 55.4 Å². The van der Waals surface area contributed by atoms with Crippen LogP contribution in [0.1, 0.15) is 11.1 Å². The summed E-state index contributed by atoms with van der Waals surface area (Å²) in [5.41, 5.74) is -1.34. The van der Waals surface area contributed by atoms with Crippen molar-refractivity contribution in [3.05, 3.63) is 71.1 Å². The Morgan fingerprint density at radius 1 is 0.591 bits per heavy atom. The summed E-state index contributed by atoms with van der Waals surface area (Å²) in [6.07, 6.45) is 0. The van der Waals surface area contributed by atoms with E-state index in [4.69, 9.17) is 0 Å². The third kappa shape index (κ3) is 6.02. The first-order valence-corrected chi connectivity index (χ1v) is 15.0. The average Bonchev–Trinajstić information content (AvgIpc) is 3.02. The van der Waals surface area contributed by atoms with Crippen molar-refractivity contribution in [1.82, 2.24) is 8.61 Å². The minimum atomic E-state index is -4.21. The number of ether oxygens (including phenoxy) is 4. The second kappa shape index (κ2) is 13.0. The molecule has 0 fully saturated rings. The van der Waals surface area contributed by atoms with Gasteiger partial charge in [0.1, 0.15) is 13.1 Å². The first kappa shape index (κ1) is 33.4. The van der Waals surface area contributed by atoms with Crippen LogP contribution in [0.25, 0.3) is 11.5 Å². The number of carbonyl (C=O) groups excluding carboxylic acids is 4. The highest BCUT2D eigenvalue weighted by Gasteiger charge is 2.43. The number of methoxy groups -OCH3 is 4. The lowest BCUT2D eigenvalue weighted by Gasteiger charge is -2.29. The molecule has 18 heteroatoms. The summed E-state index contributed by atoms with van der Waals surface area (Å²) in [6, 6.07) is 11.2. The van der Waals surface area contributed by atoms with E-state index < -0.39 is 79.9 Å². The first-order valence-electron chi connectivity index (χ1n) is 12.1. The molecule has 236 valence electrons. The number of esters is 4. The van der Waals surface area contributed by atoms with Gasteiger partial charge in [0.25, 0.3) is 20.0 Å². The van der Waals surface area contributed by atoms with Gasteiger partial charge in [0.05, 0.1) is 38.2 Å². The maximum Gasteiger partial charge on any atom is 0.359 e. The fourth-order valence-electron chi connectivity index (χ4n) is 4.03. The van der Waals surface area contributed by atoms with Gasteiger partial charge in [0.2, 0.25) is 0 Å². The molecule has 0 bridgehead atoms. The van der Waals surface area contributed by atoms with E-state index in [1.54, 1.807) is 0 Å². The van der Waals surface area contributed by atoms with Crippen LogP contribution in [0.5, 0.6) is 0 Å². The van der Waals surface area contributed by atoms with E-state index in [1.165, 1.54) is 48.5 Å². The molecule has 44 heavy (non-hydrogen) atoms. The fraction of sp³-hybridized carbons (Fsp3) is 0.231. The minimum absolute atomic E-state index is 0.0379. The molecule has 0 aromatic heterocycles. The van der Waals surface area contributed by atoms with Crippen LogP contribution in [-0.2, 0) is 58.2 Å². The Morgan fingerprint density at radius 3 is 1.20 bits per heavy atom. The van der Waals surface area contributed by atoms with Crippen molar-refractivity contribution in [1.29, 1.82) is 0 Å². The van der Waals surface area contributed by atoms with Gasteiger partial charge >= 0.3 is 23.9 Å². The monoisotopic (exact) mass is 654 g/mol. The number of aliphatic hydroxyl groups is 2. The maximum atomic E-state index is 12.6. The second-order valence-electron chi connectivity index (χ2n) is 8.55. The van der Waals surface area contributed by atoms with E-state index in [0.29, 0.717) is 8.61 Å². The van der Waals surface area contributed by atoms with Crippen molar-refractivity contribution in [2.45, 2.75) is 9.79 Å². The van der Waals surface area contributed by atoms with E-state index >= 15 is 0 Å².